The topological polar surface area (TPSA) is 63.6 Å². The van der Waals surface area contributed by atoms with Gasteiger partial charge >= 0.3 is 5.97 Å². The number of hydrogen-bond acceptors (Lipinski definition) is 3. The number of carboxylic acids is 1. The van der Waals surface area contributed by atoms with E-state index in [1.165, 1.54) is 19.2 Å². The molecular weight excluding hydrogens is 239 g/mol. The Morgan fingerprint density at radius 1 is 1.39 bits per heavy atom. The number of hydrogen-bond donors (Lipinski definition) is 1. The van der Waals surface area contributed by atoms with Crippen molar-refractivity contribution in [2.24, 2.45) is 0 Å². The summed E-state index contributed by atoms with van der Waals surface area (Å²) in [5.41, 5.74) is -0.345. The summed E-state index contributed by atoms with van der Waals surface area (Å²) in [6.07, 6.45) is -0.220. The summed E-state index contributed by atoms with van der Waals surface area (Å²) in [5.74, 6) is -2.89. The van der Waals surface area contributed by atoms with Gasteiger partial charge in [-0.3, -0.25) is 4.79 Å². The molecule has 0 aliphatic carbocycles. The summed E-state index contributed by atoms with van der Waals surface area (Å²) in [4.78, 5) is 21.9. The Kier molecular flexibility index (Phi) is 4.06. The summed E-state index contributed by atoms with van der Waals surface area (Å²) in [7, 11) is 1.33. The molecule has 0 heterocycles. The minimum Gasteiger partial charge on any atom is -0.493 e. The SMILES string of the molecule is COc1c(F)cccc1C(C)(C)CC(=O)C(=O)O. The van der Waals surface area contributed by atoms with Crippen molar-refractivity contribution in [2.45, 2.75) is 25.7 Å². The highest BCUT2D eigenvalue weighted by molar-refractivity contribution is 6.32. The lowest BCUT2D eigenvalue weighted by Crippen LogP contribution is -2.26. The Morgan fingerprint density at radius 3 is 2.50 bits per heavy atom. The van der Waals surface area contributed by atoms with Gasteiger partial charge in [-0.15, -0.1) is 0 Å². The van der Waals surface area contributed by atoms with E-state index in [1.807, 2.05) is 0 Å². The molecule has 0 saturated heterocycles. The molecule has 0 radical (unpaired) electrons. The van der Waals surface area contributed by atoms with Crippen LogP contribution in [0.3, 0.4) is 0 Å². The number of ether oxygens (including phenoxy) is 1. The van der Waals surface area contributed by atoms with Crippen molar-refractivity contribution in [3.05, 3.63) is 29.6 Å². The van der Waals surface area contributed by atoms with Gasteiger partial charge in [0.2, 0.25) is 5.78 Å². The quantitative estimate of drug-likeness (QED) is 0.818. The van der Waals surface area contributed by atoms with Crippen LogP contribution in [0.2, 0.25) is 0 Å². The van der Waals surface area contributed by atoms with Gasteiger partial charge in [-0.25, -0.2) is 9.18 Å². The monoisotopic (exact) mass is 254 g/mol. The maximum Gasteiger partial charge on any atom is 0.372 e. The Morgan fingerprint density at radius 2 is 2.00 bits per heavy atom. The second kappa shape index (κ2) is 5.16. The number of aliphatic carboxylic acids is 1. The fraction of sp³-hybridized carbons (Fsp3) is 0.385. The van der Waals surface area contributed by atoms with Crippen LogP contribution in [0.1, 0.15) is 25.8 Å². The molecule has 0 amide bonds. The highest BCUT2D eigenvalue weighted by Gasteiger charge is 2.30. The maximum atomic E-state index is 13.6. The van der Waals surface area contributed by atoms with Crippen molar-refractivity contribution in [2.75, 3.05) is 7.11 Å². The molecule has 0 aromatic heterocycles. The zero-order chi connectivity index (χ0) is 13.9. The van der Waals surface area contributed by atoms with Crippen LogP contribution in [0.25, 0.3) is 0 Å². The van der Waals surface area contributed by atoms with Crippen molar-refractivity contribution in [1.82, 2.24) is 0 Å². The molecule has 0 spiro atoms. The molecule has 0 aliphatic heterocycles. The number of carbonyl (C=O) groups is 2. The summed E-state index contributed by atoms with van der Waals surface area (Å²) in [5, 5.41) is 8.62. The van der Waals surface area contributed by atoms with Crippen LogP contribution in [0, 0.1) is 5.82 Å². The number of para-hydroxylation sites is 1. The van der Waals surface area contributed by atoms with E-state index in [2.05, 4.69) is 0 Å². The van der Waals surface area contributed by atoms with Crippen molar-refractivity contribution in [3.63, 3.8) is 0 Å². The van der Waals surface area contributed by atoms with Gasteiger partial charge in [-0.05, 0) is 6.07 Å². The fourth-order valence-electron chi connectivity index (χ4n) is 1.82. The molecule has 0 saturated carbocycles. The van der Waals surface area contributed by atoms with Crippen molar-refractivity contribution in [1.29, 1.82) is 0 Å². The molecule has 1 aromatic carbocycles. The molecule has 0 aliphatic rings. The Labute approximate surface area is 104 Å². The molecule has 0 fully saturated rings. The van der Waals surface area contributed by atoms with E-state index in [0.717, 1.165) is 0 Å². The Balaban J connectivity index is 3.15. The molecule has 98 valence electrons. The van der Waals surface area contributed by atoms with Gasteiger partial charge in [-0.1, -0.05) is 26.0 Å². The van der Waals surface area contributed by atoms with Crippen LogP contribution < -0.4 is 4.74 Å². The Hall–Kier alpha value is -1.91. The minimum atomic E-state index is -1.49. The fourth-order valence-corrected chi connectivity index (χ4v) is 1.82. The molecule has 1 rings (SSSR count). The van der Waals surface area contributed by atoms with Crippen LogP contribution in [0.5, 0.6) is 5.75 Å². The zero-order valence-electron chi connectivity index (χ0n) is 10.5. The predicted molar refractivity (Wildman–Crippen MR) is 63.2 cm³/mol. The number of benzene rings is 1. The molecule has 5 heteroatoms. The summed E-state index contributed by atoms with van der Waals surface area (Å²) in [6.45, 7) is 3.34. The van der Waals surface area contributed by atoms with Gasteiger partial charge in [0, 0.05) is 17.4 Å². The summed E-state index contributed by atoms with van der Waals surface area (Å²) in [6, 6.07) is 4.37. The third kappa shape index (κ3) is 2.85. The van der Waals surface area contributed by atoms with E-state index in [9.17, 15) is 14.0 Å². The third-order valence-electron chi connectivity index (χ3n) is 2.74. The largest absolute Gasteiger partial charge is 0.493 e. The van der Waals surface area contributed by atoms with Gasteiger partial charge in [0.25, 0.3) is 0 Å². The van der Waals surface area contributed by atoms with Gasteiger partial charge in [0.1, 0.15) is 0 Å². The maximum absolute atomic E-state index is 13.6. The van der Waals surface area contributed by atoms with E-state index < -0.39 is 23.0 Å². The van der Waals surface area contributed by atoms with E-state index >= 15 is 0 Å². The first-order chi connectivity index (χ1) is 8.29. The molecule has 4 nitrogen and oxygen atoms in total. The lowest BCUT2D eigenvalue weighted by molar-refractivity contribution is -0.149. The summed E-state index contributed by atoms with van der Waals surface area (Å²) >= 11 is 0. The molecular formula is C13H15FO4. The van der Waals surface area contributed by atoms with Gasteiger partial charge < -0.3 is 9.84 Å². The molecule has 0 unspecified atom stereocenters. The molecule has 0 atom stereocenters. The average molecular weight is 254 g/mol. The smallest absolute Gasteiger partial charge is 0.372 e. The van der Waals surface area contributed by atoms with E-state index in [-0.39, 0.29) is 12.2 Å². The predicted octanol–water partition coefficient (Wildman–Crippen LogP) is 2.16. The first-order valence-electron chi connectivity index (χ1n) is 5.38. The second-order valence-corrected chi connectivity index (χ2v) is 4.61. The van der Waals surface area contributed by atoms with E-state index in [0.29, 0.717) is 5.56 Å². The van der Waals surface area contributed by atoms with Crippen LogP contribution in [0.15, 0.2) is 18.2 Å². The lowest BCUT2D eigenvalue weighted by atomic mass is 9.79. The normalized spacial score (nSPS) is 11.1. The third-order valence-corrected chi connectivity index (χ3v) is 2.74. The number of carbonyl (C=O) groups excluding carboxylic acids is 1. The molecule has 18 heavy (non-hydrogen) atoms. The van der Waals surface area contributed by atoms with Crippen molar-refractivity contribution < 1.29 is 23.8 Å². The van der Waals surface area contributed by atoms with Crippen LogP contribution >= 0.6 is 0 Å². The number of Topliss-reactive ketones (excluding diaryl/α,β-unsaturated/α-hetero) is 1. The van der Waals surface area contributed by atoms with Gasteiger partial charge in [-0.2, -0.15) is 0 Å². The number of rotatable bonds is 5. The second-order valence-electron chi connectivity index (χ2n) is 4.61. The average Bonchev–Trinajstić information content (AvgIpc) is 2.27. The number of methoxy groups -OCH3 is 1. The Bertz CT molecular complexity index is 480. The highest BCUT2D eigenvalue weighted by atomic mass is 19.1. The first-order valence-corrected chi connectivity index (χ1v) is 5.38. The van der Waals surface area contributed by atoms with Crippen molar-refractivity contribution >= 4 is 11.8 Å². The number of ketones is 1. The molecule has 1 aromatic rings. The van der Waals surface area contributed by atoms with E-state index in [1.54, 1.807) is 19.9 Å². The number of carboxylic acid groups (broad SMARTS) is 1. The van der Waals surface area contributed by atoms with Crippen LogP contribution in [-0.2, 0) is 15.0 Å². The standard InChI is InChI=1S/C13H15FO4/c1-13(2,7-10(15)12(16)17)8-5-4-6-9(14)11(8)18-3/h4-6H,7H2,1-3H3,(H,16,17). The van der Waals surface area contributed by atoms with Gasteiger partial charge in [0.15, 0.2) is 11.6 Å². The zero-order valence-corrected chi connectivity index (χ0v) is 10.5. The number of halogens is 1. The minimum absolute atomic E-state index is 0.0423. The summed E-state index contributed by atoms with van der Waals surface area (Å²) < 4.78 is 18.5. The van der Waals surface area contributed by atoms with Crippen LogP contribution in [-0.4, -0.2) is 24.0 Å². The van der Waals surface area contributed by atoms with Crippen molar-refractivity contribution in [3.8, 4) is 5.75 Å². The van der Waals surface area contributed by atoms with E-state index in [4.69, 9.17) is 9.84 Å². The van der Waals surface area contributed by atoms with Gasteiger partial charge in [0.05, 0.1) is 7.11 Å². The molecule has 0 bridgehead atoms. The highest BCUT2D eigenvalue weighted by Crippen LogP contribution is 2.35. The first kappa shape index (κ1) is 14.2. The lowest BCUT2D eigenvalue weighted by Gasteiger charge is -2.25. The van der Waals surface area contributed by atoms with Crippen LogP contribution in [0.4, 0.5) is 4.39 Å². The molecule has 1 N–H and O–H groups in total.